The first-order valence-corrected chi connectivity index (χ1v) is 5.04. The molecule has 6 heteroatoms. The summed E-state index contributed by atoms with van der Waals surface area (Å²) < 4.78 is 4.83. The Labute approximate surface area is 89.8 Å². The number of carbonyl (C=O) groups excluding carboxylic acids is 1. The Bertz CT molecular complexity index is 469. The molecule has 2 aromatic heterocycles. The molecule has 0 aliphatic rings. The summed E-state index contributed by atoms with van der Waals surface area (Å²) in [5.41, 5.74) is 0.668. The molecule has 0 saturated heterocycles. The van der Waals surface area contributed by atoms with Gasteiger partial charge >= 0.3 is 5.97 Å². The molecule has 2 heterocycles. The molecule has 0 N–H and O–H groups in total. The Balaban J connectivity index is 2.24. The molecule has 76 valence electrons. The third-order valence-corrected chi connectivity index (χ3v) is 2.36. The zero-order valence-electron chi connectivity index (χ0n) is 7.88. The number of aromatic nitrogens is 3. The number of nitrogens with zero attached hydrogens (tertiary/aromatic N) is 3. The second-order valence-electron chi connectivity index (χ2n) is 2.68. The van der Waals surface area contributed by atoms with Gasteiger partial charge in [0, 0.05) is 19.3 Å². The van der Waals surface area contributed by atoms with Crippen molar-refractivity contribution >= 4 is 17.3 Å². The first-order chi connectivity index (χ1) is 7.25. The van der Waals surface area contributed by atoms with Gasteiger partial charge in [0.15, 0.2) is 0 Å². The number of hydrogen-bond donors (Lipinski definition) is 0. The summed E-state index contributed by atoms with van der Waals surface area (Å²) >= 11 is 1.35. The van der Waals surface area contributed by atoms with Crippen molar-refractivity contribution in [1.29, 1.82) is 0 Å². The average Bonchev–Trinajstić information content (AvgIpc) is 2.67. The van der Waals surface area contributed by atoms with E-state index in [4.69, 9.17) is 4.74 Å². The summed E-state index contributed by atoms with van der Waals surface area (Å²) in [5.74, 6) is -0.0841. The second kappa shape index (κ2) is 4.14. The van der Waals surface area contributed by atoms with E-state index in [1.165, 1.54) is 18.3 Å². The first-order valence-electron chi connectivity index (χ1n) is 4.16. The zero-order valence-corrected chi connectivity index (χ0v) is 8.69. The van der Waals surface area contributed by atoms with Crippen LogP contribution in [0, 0.1) is 0 Å². The fourth-order valence-corrected chi connectivity index (χ4v) is 1.66. The minimum absolute atomic E-state index is 0.299. The minimum atomic E-state index is -0.383. The van der Waals surface area contributed by atoms with Crippen LogP contribution in [0.1, 0.15) is 6.92 Å². The van der Waals surface area contributed by atoms with Crippen LogP contribution in [0.4, 0.5) is 0 Å². The Morgan fingerprint density at radius 3 is 3.00 bits per heavy atom. The van der Waals surface area contributed by atoms with Crippen LogP contribution in [0.2, 0.25) is 0 Å². The molecule has 0 unspecified atom stereocenters. The van der Waals surface area contributed by atoms with Gasteiger partial charge < -0.3 is 4.74 Å². The maximum atomic E-state index is 10.7. The summed E-state index contributed by atoms with van der Waals surface area (Å²) in [7, 11) is 0. The van der Waals surface area contributed by atoms with Crippen molar-refractivity contribution in [1.82, 2.24) is 15.0 Å². The predicted octanol–water partition coefficient (Wildman–Crippen LogP) is 1.53. The van der Waals surface area contributed by atoms with Crippen LogP contribution in [-0.2, 0) is 4.79 Å². The molecule has 0 aliphatic heterocycles. The molecule has 5 nitrogen and oxygen atoms in total. The summed E-state index contributed by atoms with van der Waals surface area (Å²) in [6, 6.07) is 0. The minimum Gasteiger partial charge on any atom is -0.407 e. The third-order valence-electron chi connectivity index (χ3n) is 1.51. The van der Waals surface area contributed by atoms with Crippen molar-refractivity contribution < 1.29 is 9.53 Å². The van der Waals surface area contributed by atoms with E-state index < -0.39 is 0 Å². The van der Waals surface area contributed by atoms with Crippen LogP contribution in [0.3, 0.4) is 0 Å². The van der Waals surface area contributed by atoms with Crippen LogP contribution in [0.25, 0.3) is 10.7 Å². The van der Waals surface area contributed by atoms with E-state index in [-0.39, 0.29) is 5.97 Å². The fraction of sp³-hybridized carbons (Fsp3) is 0.111. The SMILES string of the molecule is CC(=O)Oc1csc(-c2cnccn2)n1. The second-order valence-corrected chi connectivity index (χ2v) is 3.53. The topological polar surface area (TPSA) is 65.0 Å². The van der Waals surface area contributed by atoms with Gasteiger partial charge in [-0.3, -0.25) is 14.8 Å². The number of carbonyl (C=O) groups is 1. The standard InChI is InChI=1S/C9H7N3O2S/c1-6(13)14-8-5-15-9(12-8)7-4-10-2-3-11-7/h2-5H,1H3. The highest BCUT2D eigenvalue weighted by atomic mass is 32.1. The molecule has 0 bridgehead atoms. The highest BCUT2D eigenvalue weighted by Crippen LogP contribution is 2.24. The van der Waals surface area contributed by atoms with Crippen molar-refractivity contribution in [3.8, 4) is 16.6 Å². The fourth-order valence-electron chi connectivity index (χ4n) is 0.980. The van der Waals surface area contributed by atoms with Crippen molar-refractivity contribution in [3.05, 3.63) is 24.0 Å². The van der Waals surface area contributed by atoms with Crippen LogP contribution < -0.4 is 4.74 Å². The van der Waals surface area contributed by atoms with E-state index in [0.717, 1.165) is 0 Å². The molecule has 0 atom stereocenters. The lowest BCUT2D eigenvalue weighted by molar-refractivity contribution is -0.132. The number of hydrogen-bond acceptors (Lipinski definition) is 6. The van der Waals surface area contributed by atoms with E-state index >= 15 is 0 Å². The van der Waals surface area contributed by atoms with Crippen LogP contribution in [-0.4, -0.2) is 20.9 Å². The molecule has 15 heavy (non-hydrogen) atoms. The van der Waals surface area contributed by atoms with Crippen molar-refractivity contribution in [3.63, 3.8) is 0 Å². The largest absolute Gasteiger partial charge is 0.407 e. The van der Waals surface area contributed by atoms with E-state index in [9.17, 15) is 4.79 Å². The third kappa shape index (κ3) is 2.35. The molecular weight excluding hydrogens is 214 g/mol. The van der Waals surface area contributed by atoms with Gasteiger partial charge in [0.05, 0.1) is 11.6 Å². The lowest BCUT2D eigenvalue weighted by atomic mass is 10.5. The van der Waals surface area contributed by atoms with Crippen molar-refractivity contribution in [2.75, 3.05) is 0 Å². The van der Waals surface area contributed by atoms with Crippen molar-refractivity contribution in [2.45, 2.75) is 6.92 Å². The smallest absolute Gasteiger partial charge is 0.309 e. The maximum Gasteiger partial charge on any atom is 0.309 e. The van der Waals surface area contributed by atoms with Gasteiger partial charge in [-0.25, -0.2) is 0 Å². The van der Waals surface area contributed by atoms with Crippen LogP contribution in [0.5, 0.6) is 5.88 Å². The Morgan fingerprint density at radius 2 is 2.33 bits per heavy atom. The Kier molecular flexibility index (Phi) is 2.68. The van der Waals surface area contributed by atoms with Gasteiger partial charge in [-0.05, 0) is 0 Å². The van der Waals surface area contributed by atoms with Gasteiger partial charge in [-0.15, -0.1) is 11.3 Å². The molecule has 0 fully saturated rings. The number of esters is 1. The average molecular weight is 221 g/mol. The van der Waals surface area contributed by atoms with Crippen LogP contribution >= 0.6 is 11.3 Å². The quantitative estimate of drug-likeness (QED) is 0.719. The molecule has 0 aliphatic carbocycles. The lowest BCUT2D eigenvalue weighted by Gasteiger charge is -1.93. The first kappa shape index (κ1) is 9.72. The highest BCUT2D eigenvalue weighted by molar-refractivity contribution is 7.13. The van der Waals surface area contributed by atoms with E-state index in [2.05, 4.69) is 15.0 Å². The van der Waals surface area contributed by atoms with Gasteiger partial charge in [-0.2, -0.15) is 4.98 Å². The summed E-state index contributed by atoms with van der Waals surface area (Å²) in [4.78, 5) is 22.8. The van der Waals surface area contributed by atoms with Gasteiger partial charge in [0.2, 0.25) is 5.88 Å². The molecule has 0 saturated carbocycles. The van der Waals surface area contributed by atoms with E-state index in [1.807, 2.05) is 0 Å². The maximum absolute atomic E-state index is 10.7. The molecule has 0 amide bonds. The molecular formula is C9H7N3O2S. The molecule has 0 aromatic carbocycles. The monoisotopic (exact) mass is 221 g/mol. The number of ether oxygens (including phenoxy) is 1. The molecule has 0 radical (unpaired) electrons. The number of rotatable bonds is 2. The molecule has 0 spiro atoms. The summed E-state index contributed by atoms with van der Waals surface area (Å²) in [6.07, 6.45) is 4.78. The molecule has 2 aromatic rings. The molecule has 2 rings (SSSR count). The number of thiazole rings is 1. The summed E-state index contributed by atoms with van der Waals surface area (Å²) in [5, 5.41) is 2.34. The van der Waals surface area contributed by atoms with E-state index in [1.54, 1.807) is 24.0 Å². The normalized spacial score (nSPS) is 9.93. The lowest BCUT2D eigenvalue weighted by Crippen LogP contribution is -2.01. The Hall–Kier alpha value is -1.82. The van der Waals surface area contributed by atoms with Gasteiger partial charge in [0.25, 0.3) is 0 Å². The van der Waals surface area contributed by atoms with Crippen molar-refractivity contribution in [2.24, 2.45) is 0 Å². The summed E-state index contributed by atoms with van der Waals surface area (Å²) in [6.45, 7) is 1.33. The highest BCUT2D eigenvalue weighted by Gasteiger charge is 2.07. The zero-order chi connectivity index (χ0) is 10.7. The van der Waals surface area contributed by atoms with Gasteiger partial charge in [0.1, 0.15) is 10.7 Å². The van der Waals surface area contributed by atoms with Crippen LogP contribution in [0.15, 0.2) is 24.0 Å². The predicted molar refractivity (Wildman–Crippen MR) is 54.4 cm³/mol. The van der Waals surface area contributed by atoms with E-state index in [0.29, 0.717) is 16.6 Å². The Morgan fingerprint density at radius 1 is 1.47 bits per heavy atom. The van der Waals surface area contributed by atoms with Gasteiger partial charge in [-0.1, -0.05) is 0 Å².